The van der Waals surface area contributed by atoms with E-state index in [2.05, 4.69) is 31.2 Å². The highest BCUT2D eigenvalue weighted by Crippen LogP contribution is 2.39. The molecule has 12 heavy (non-hydrogen) atoms. The van der Waals surface area contributed by atoms with Gasteiger partial charge in [0.15, 0.2) is 0 Å². The quantitative estimate of drug-likeness (QED) is 0.707. The van der Waals surface area contributed by atoms with Crippen LogP contribution in [0.4, 0.5) is 0 Å². The maximum Gasteiger partial charge on any atom is 0.0453 e. The molecule has 1 aromatic rings. The Morgan fingerprint density at radius 2 is 2.17 bits per heavy atom. The molecule has 1 atom stereocenters. The first-order valence-electron chi connectivity index (χ1n) is 4.63. The van der Waals surface area contributed by atoms with Gasteiger partial charge in [0, 0.05) is 5.54 Å². The van der Waals surface area contributed by atoms with Crippen molar-refractivity contribution in [2.24, 2.45) is 5.73 Å². The summed E-state index contributed by atoms with van der Waals surface area (Å²) in [7, 11) is 0. The monoisotopic (exact) mass is 161 g/mol. The van der Waals surface area contributed by atoms with E-state index in [1.54, 1.807) is 0 Å². The fourth-order valence-electron chi connectivity index (χ4n) is 2.16. The summed E-state index contributed by atoms with van der Waals surface area (Å²) < 4.78 is 0. The maximum atomic E-state index is 6.22. The van der Waals surface area contributed by atoms with Crippen LogP contribution in [0.25, 0.3) is 0 Å². The molecule has 2 N–H and O–H groups in total. The van der Waals surface area contributed by atoms with Crippen molar-refractivity contribution in [3.05, 3.63) is 35.4 Å². The van der Waals surface area contributed by atoms with Crippen molar-refractivity contribution in [1.29, 1.82) is 0 Å². The van der Waals surface area contributed by atoms with E-state index < -0.39 is 0 Å². The Hall–Kier alpha value is -0.820. The van der Waals surface area contributed by atoms with Gasteiger partial charge in [0.25, 0.3) is 0 Å². The van der Waals surface area contributed by atoms with Gasteiger partial charge in [-0.2, -0.15) is 0 Å². The Labute approximate surface area is 73.6 Å². The largest absolute Gasteiger partial charge is 0.321 e. The van der Waals surface area contributed by atoms with Crippen molar-refractivity contribution in [3.8, 4) is 0 Å². The summed E-state index contributed by atoms with van der Waals surface area (Å²) in [6.07, 6.45) is 3.35. The zero-order valence-corrected chi connectivity index (χ0v) is 7.51. The lowest BCUT2D eigenvalue weighted by Crippen LogP contribution is -2.46. The standard InChI is InChI=1S/C11H15N/c1-2-7-11(12)8-9-5-3-4-6-10(9)11/h3-6H,2,7-8,12H2,1H3. The molecule has 0 fully saturated rings. The van der Waals surface area contributed by atoms with Gasteiger partial charge in [0.05, 0.1) is 0 Å². The molecule has 1 nitrogen and oxygen atoms in total. The van der Waals surface area contributed by atoms with Gasteiger partial charge in [-0.25, -0.2) is 0 Å². The van der Waals surface area contributed by atoms with Crippen molar-refractivity contribution < 1.29 is 0 Å². The second-order valence-electron chi connectivity index (χ2n) is 3.74. The maximum absolute atomic E-state index is 6.22. The van der Waals surface area contributed by atoms with E-state index in [-0.39, 0.29) is 5.54 Å². The molecule has 1 aliphatic rings. The van der Waals surface area contributed by atoms with Crippen molar-refractivity contribution in [3.63, 3.8) is 0 Å². The molecule has 0 aromatic heterocycles. The normalized spacial score (nSPS) is 26.2. The van der Waals surface area contributed by atoms with E-state index in [4.69, 9.17) is 5.73 Å². The van der Waals surface area contributed by atoms with Crippen LogP contribution >= 0.6 is 0 Å². The third-order valence-corrected chi connectivity index (χ3v) is 2.76. The number of benzene rings is 1. The van der Waals surface area contributed by atoms with Gasteiger partial charge >= 0.3 is 0 Å². The van der Waals surface area contributed by atoms with E-state index in [1.165, 1.54) is 17.5 Å². The van der Waals surface area contributed by atoms with Crippen molar-refractivity contribution >= 4 is 0 Å². The molecule has 0 aliphatic heterocycles. The fourth-order valence-corrected chi connectivity index (χ4v) is 2.16. The minimum atomic E-state index is 0.00530. The summed E-state index contributed by atoms with van der Waals surface area (Å²) in [5.74, 6) is 0. The summed E-state index contributed by atoms with van der Waals surface area (Å²) in [6.45, 7) is 2.19. The number of rotatable bonds is 2. The molecule has 2 rings (SSSR count). The van der Waals surface area contributed by atoms with Crippen LogP contribution in [0.1, 0.15) is 30.9 Å². The molecule has 1 heteroatoms. The van der Waals surface area contributed by atoms with E-state index in [9.17, 15) is 0 Å². The van der Waals surface area contributed by atoms with Crippen molar-refractivity contribution in [2.75, 3.05) is 0 Å². The van der Waals surface area contributed by atoms with E-state index in [1.807, 2.05) is 0 Å². The predicted molar refractivity (Wildman–Crippen MR) is 50.9 cm³/mol. The molecule has 0 saturated carbocycles. The zero-order chi connectivity index (χ0) is 8.60. The average molecular weight is 161 g/mol. The van der Waals surface area contributed by atoms with Gasteiger partial charge in [0.2, 0.25) is 0 Å². The second kappa shape index (κ2) is 2.60. The molecule has 0 radical (unpaired) electrons. The van der Waals surface area contributed by atoms with Gasteiger partial charge < -0.3 is 5.73 Å². The van der Waals surface area contributed by atoms with Crippen LogP contribution in [0.3, 0.4) is 0 Å². The molecule has 0 spiro atoms. The van der Waals surface area contributed by atoms with Gasteiger partial charge in [0.1, 0.15) is 0 Å². The van der Waals surface area contributed by atoms with Gasteiger partial charge in [-0.15, -0.1) is 0 Å². The third-order valence-electron chi connectivity index (χ3n) is 2.76. The Balaban J connectivity index is 2.29. The molecule has 64 valence electrons. The SMILES string of the molecule is CCCC1(N)Cc2ccccc21. The molecule has 0 amide bonds. The average Bonchev–Trinajstić information content (AvgIpc) is 2.04. The molecule has 0 bridgehead atoms. The highest BCUT2D eigenvalue weighted by Gasteiger charge is 2.37. The van der Waals surface area contributed by atoms with E-state index in [0.29, 0.717) is 0 Å². The summed E-state index contributed by atoms with van der Waals surface area (Å²) >= 11 is 0. The highest BCUT2D eigenvalue weighted by molar-refractivity contribution is 5.43. The summed E-state index contributed by atoms with van der Waals surface area (Å²) in [4.78, 5) is 0. The van der Waals surface area contributed by atoms with Crippen LogP contribution in [0.2, 0.25) is 0 Å². The third kappa shape index (κ3) is 0.969. The van der Waals surface area contributed by atoms with Crippen LogP contribution in [-0.2, 0) is 12.0 Å². The number of hydrogen-bond acceptors (Lipinski definition) is 1. The first-order valence-corrected chi connectivity index (χ1v) is 4.63. The Morgan fingerprint density at radius 3 is 2.83 bits per heavy atom. The molecule has 1 aliphatic carbocycles. The second-order valence-corrected chi connectivity index (χ2v) is 3.74. The van der Waals surface area contributed by atoms with Crippen LogP contribution in [0.15, 0.2) is 24.3 Å². The molecule has 1 aromatic carbocycles. The number of nitrogens with two attached hydrogens (primary N) is 1. The van der Waals surface area contributed by atoms with Gasteiger partial charge in [-0.3, -0.25) is 0 Å². The number of fused-ring (bicyclic) bond motifs is 1. The van der Waals surface area contributed by atoms with Crippen molar-refractivity contribution in [2.45, 2.75) is 31.7 Å². The Morgan fingerprint density at radius 1 is 1.42 bits per heavy atom. The zero-order valence-electron chi connectivity index (χ0n) is 7.51. The summed E-state index contributed by atoms with van der Waals surface area (Å²) in [6, 6.07) is 8.50. The minimum Gasteiger partial charge on any atom is -0.321 e. The topological polar surface area (TPSA) is 26.0 Å². The summed E-state index contributed by atoms with van der Waals surface area (Å²) in [5.41, 5.74) is 9.04. The predicted octanol–water partition coefficient (Wildman–Crippen LogP) is 2.20. The van der Waals surface area contributed by atoms with E-state index >= 15 is 0 Å². The lowest BCUT2D eigenvalue weighted by atomic mass is 9.69. The molecular weight excluding hydrogens is 146 g/mol. The Bertz CT molecular complexity index is 293. The van der Waals surface area contributed by atoms with Crippen LogP contribution in [-0.4, -0.2) is 0 Å². The molecule has 0 saturated heterocycles. The number of hydrogen-bond donors (Lipinski definition) is 1. The van der Waals surface area contributed by atoms with Crippen LogP contribution in [0.5, 0.6) is 0 Å². The first kappa shape index (κ1) is 7.81. The fraction of sp³-hybridized carbons (Fsp3) is 0.455. The lowest BCUT2D eigenvalue weighted by molar-refractivity contribution is 0.351. The van der Waals surface area contributed by atoms with Gasteiger partial charge in [-0.1, -0.05) is 37.6 Å². The molecule has 0 heterocycles. The first-order chi connectivity index (χ1) is 5.76. The molecule has 1 unspecified atom stereocenters. The van der Waals surface area contributed by atoms with Crippen LogP contribution in [0, 0.1) is 0 Å². The van der Waals surface area contributed by atoms with Gasteiger partial charge in [-0.05, 0) is 24.0 Å². The highest BCUT2D eigenvalue weighted by atomic mass is 14.8. The summed E-state index contributed by atoms with van der Waals surface area (Å²) in [5, 5.41) is 0. The lowest BCUT2D eigenvalue weighted by Gasteiger charge is -2.40. The Kier molecular flexibility index (Phi) is 1.69. The van der Waals surface area contributed by atoms with E-state index in [0.717, 1.165) is 12.8 Å². The smallest absolute Gasteiger partial charge is 0.0453 e. The van der Waals surface area contributed by atoms with Crippen molar-refractivity contribution in [1.82, 2.24) is 0 Å². The molecular formula is C11H15N. The minimum absolute atomic E-state index is 0.00530. The van der Waals surface area contributed by atoms with Crippen LogP contribution < -0.4 is 5.73 Å².